The smallest absolute Gasteiger partial charge is 0.411 e. The highest BCUT2D eigenvalue weighted by Gasteiger charge is 2.35. The van der Waals surface area contributed by atoms with Crippen LogP contribution in [0.5, 0.6) is 0 Å². The molecule has 3 aromatic rings. The van der Waals surface area contributed by atoms with E-state index in [9.17, 15) is 9.59 Å². The van der Waals surface area contributed by atoms with Crippen LogP contribution in [0.3, 0.4) is 0 Å². The summed E-state index contributed by atoms with van der Waals surface area (Å²) in [6.07, 6.45) is 10.5. The maximum Gasteiger partial charge on any atom is 0.411 e. The van der Waals surface area contributed by atoms with E-state index in [4.69, 9.17) is 22.1 Å². The Morgan fingerprint density at radius 2 is 1.35 bits per heavy atom. The molecule has 2 amide bonds. The van der Waals surface area contributed by atoms with Gasteiger partial charge in [-0.05, 0) is 90.2 Å². The van der Waals surface area contributed by atoms with Crippen molar-refractivity contribution in [3.05, 3.63) is 49.1 Å². The van der Waals surface area contributed by atoms with Crippen molar-refractivity contribution in [2.45, 2.75) is 102 Å². The summed E-state index contributed by atoms with van der Waals surface area (Å²) in [5.41, 5.74) is 2.75. The number of rotatable bonds is 9. The van der Waals surface area contributed by atoms with Gasteiger partial charge in [0.1, 0.15) is 11.2 Å². The van der Waals surface area contributed by atoms with Crippen molar-refractivity contribution in [3.63, 3.8) is 0 Å². The van der Waals surface area contributed by atoms with Gasteiger partial charge in [0.2, 0.25) is 11.9 Å². The molecule has 14 heteroatoms. The van der Waals surface area contributed by atoms with Crippen molar-refractivity contribution >= 4 is 51.3 Å². The van der Waals surface area contributed by atoms with Gasteiger partial charge in [0.25, 0.3) is 0 Å². The van der Waals surface area contributed by atoms with Crippen LogP contribution in [0.4, 0.5) is 21.5 Å². The van der Waals surface area contributed by atoms with Crippen molar-refractivity contribution < 1.29 is 19.1 Å². The third kappa shape index (κ3) is 11.0. The molecule has 2 fully saturated rings. The fourth-order valence-corrected chi connectivity index (χ4v) is 8.62. The number of nitrogens with zero attached hydrogens (tertiary/aromatic N) is 7. The van der Waals surface area contributed by atoms with Crippen molar-refractivity contribution in [2.24, 2.45) is 10.9 Å². The molecule has 2 aromatic heterocycles. The number of piperidine rings is 1. The molecule has 0 saturated carbocycles. The van der Waals surface area contributed by atoms with Gasteiger partial charge < -0.3 is 19.7 Å². The Kier molecular flexibility index (Phi) is 12.4. The predicted octanol–water partition coefficient (Wildman–Crippen LogP) is 7.41. The summed E-state index contributed by atoms with van der Waals surface area (Å²) >= 11 is 4.76. The number of carbonyl (C=O) groups excluding carboxylic acids is 2. The highest BCUT2D eigenvalue weighted by molar-refractivity contribution is 7.80. The van der Waals surface area contributed by atoms with Crippen LogP contribution in [0.2, 0.25) is 12.6 Å². The molecule has 51 heavy (non-hydrogen) atoms. The van der Waals surface area contributed by atoms with Crippen LogP contribution in [0, 0.1) is 5.92 Å². The summed E-state index contributed by atoms with van der Waals surface area (Å²) in [7, 11) is -1.35. The first kappa shape index (κ1) is 38.2. The van der Waals surface area contributed by atoms with Gasteiger partial charge in [0.15, 0.2) is 0 Å². The maximum atomic E-state index is 12.7. The number of likely N-dealkylation sites (tertiary alicyclic amines) is 2. The predicted molar refractivity (Wildman–Crippen MR) is 207 cm³/mol. The fraction of sp³-hybridized carbons (Fsp3) is 0.541. The summed E-state index contributed by atoms with van der Waals surface area (Å²) in [5, 5.41) is 3.07. The molecule has 274 valence electrons. The molecule has 4 unspecified atom stereocenters. The van der Waals surface area contributed by atoms with Gasteiger partial charge in [-0.15, -0.1) is 0 Å². The van der Waals surface area contributed by atoms with Crippen molar-refractivity contribution in [3.8, 4) is 22.3 Å². The van der Waals surface area contributed by atoms with E-state index in [-0.39, 0.29) is 29.5 Å². The van der Waals surface area contributed by atoms with E-state index in [1.165, 1.54) is 0 Å². The van der Waals surface area contributed by atoms with E-state index in [0.717, 1.165) is 60.5 Å². The van der Waals surface area contributed by atoms with Gasteiger partial charge in [-0.1, -0.05) is 30.8 Å². The monoisotopic (exact) mass is 732 g/mol. The van der Waals surface area contributed by atoms with E-state index in [1.807, 2.05) is 76.5 Å². The molecule has 0 aliphatic carbocycles. The highest BCUT2D eigenvalue weighted by atomic mass is 32.1. The molecule has 4 atom stereocenters. The second kappa shape index (κ2) is 16.5. The zero-order valence-electron chi connectivity index (χ0n) is 30.9. The minimum absolute atomic E-state index is 0.140. The third-order valence-electron chi connectivity index (χ3n) is 8.80. The number of ether oxygens (including phenoxy) is 2. The Labute approximate surface area is 308 Å². The molecular weight excluding hydrogens is 681 g/mol. The Morgan fingerprint density at radius 3 is 1.92 bits per heavy atom. The molecular formula is C37H52N8O4SSi. The van der Waals surface area contributed by atoms with Crippen LogP contribution in [0.15, 0.2) is 54.0 Å². The average molecular weight is 733 g/mol. The van der Waals surface area contributed by atoms with Crippen molar-refractivity contribution in [2.75, 3.05) is 25.0 Å². The van der Waals surface area contributed by atoms with Crippen LogP contribution in [-0.4, -0.2) is 98.8 Å². The highest BCUT2D eigenvalue weighted by Crippen LogP contribution is 2.29. The summed E-state index contributed by atoms with van der Waals surface area (Å²) in [6, 6.07) is 9.27. The number of hydrogen-bond acceptors (Lipinski definition) is 11. The van der Waals surface area contributed by atoms with Crippen molar-refractivity contribution in [1.82, 2.24) is 29.7 Å². The lowest BCUT2D eigenvalue weighted by Gasteiger charge is -2.39. The number of amides is 2. The second-order valence-corrected chi connectivity index (χ2v) is 18.7. The van der Waals surface area contributed by atoms with E-state index in [1.54, 1.807) is 29.7 Å². The number of anilines is 1. The molecule has 1 N–H and O–H groups in total. The zero-order chi connectivity index (χ0) is 36.8. The number of benzene rings is 1. The zero-order valence-corrected chi connectivity index (χ0v) is 32.9. The standard InChI is InChI=1S/C37H52N8O4SSi/c1-36(2,3)48-34(46)44-16-9-11-30(44)23-51(7)24-43-33-41-21-29(22-42-33)26-14-12-25(13-15-26)28-19-39-32(40-20-28)38-18-27-10-8-17-45(31(27)50)35(47)49-37(4,5)6/h12-15,19-22,24,27,30-31,50-51H,8-11,16-18,23H2,1-7H3,(H,38,39,40). The maximum absolute atomic E-state index is 12.7. The molecule has 2 aliphatic rings. The van der Waals surface area contributed by atoms with Gasteiger partial charge in [-0.3, -0.25) is 4.90 Å². The molecule has 2 aliphatic heterocycles. The molecule has 0 spiro atoms. The van der Waals surface area contributed by atoms with Gasteiger partial charge in [-0.25, -0.2) is 34.5 Å². The number of aromatic nitrogens is 4. The molecule has 4 heterocycles. The Morgan fingerprint density at radius 1 is 0.843 bits per heavy atom. The minimum atomic E-state index is -1.35. The number of aliphatic imine (C=N–C) groups is 1. The molecule has 1 aromatic carbocycles. The largest absolute Gasteiger partial charge is 0.444 e. The first-order chi connectivity index (χ1) is 24.1. The second-order valence-electron chi connectivity index (χ2n) is 15.5. The number of nitrogens with one attached hydrogen (secondary N) is 1. The van der Waals surface area contributed by atoms with Gasteiger partial charge in [0, 0.05) is 67.5 Å². The summed E-state index contributed by atoms with van der Waals surface area (Å²) < 4.78 is 11.2. The number of carbonyl (C=O) groups is 2. The first-order valence-electron chi connectivity index (χ1n) is 17.9. The van der Waals surface area contributed by atoms with E-state index in [2.05, 4.69) is 36.8 Å². The van der Waals surface area contributed by atoms with Crippen LogP contribution >= 0.6 is 12.6 Å². The lowest BCUT2D eigenvalue weighted by atomic mass is 9.98. The normalized spacial score (nSPS) is 20.4. The number of thiol groups is 1. The van der Waals surface area contributed by atoms with Gasteiger partial charge in [-0.2, -0.15) is 12.6 Å². The lowest BCUT2D eigenvalue weighted by molar-refractivity contribution is 0.0134. The quantitative estimate of drug-likeness (QED) is 0.131. The summed E-state index contributed by atoms with van der Waals surface area (Å²) in [5.74, 6) is 3.11. The van der Waals surface area contributed by atoms with E-state index < -0.39 is 20.0 Å². The van der Waals surface area contributed by atoms with Gasteiger partial charge >= 0.3 is 12.2 Å². The molecule has 5 rings (SSSR count). The summed E-state index contributed by atoms with van der Waals surface area (Å²) in [4.78, 5) is 51.5. The Hall–Kier alpha value is -4.04. The molecule has 0 bridgehead atoms. The number of hydrogen-bond donors (Lipinski definition) is 2. The van der Waals surface area contributed by atoms with Crippen LogP contribution in [-0.2, 0) is 9.47 Å². The Balaban J connectivity index is 1.11. The Bertz CT molecular complexity index is 1650. The SMILES string of the molecule is C[SiH](C=Nc1ncc(-c2ccc(-c3cnc(NCC4CCCN(C(=O)OC(C)(C)C)C4S)nc3)cc2)cn1)CC1CCCN1C(=O)OC(C)(C)C. The van der Waals surface area contributed by atoms with Crippen LogP contribution in [0.25, 0.3) is 22.3 Å². The third-order valence-corrected chi connectivity index (χ3v) is 11.4. The van der Waals surface area contributed by atoms with E-state index >= 15 is 0 Å². The van der Waals surface area contributed by atoms with Crippen LogP contribution in [0.1, 0.15) is 67.2 Å². The molecule has 2 saturated heterocycles. The van der Waals surface area contributed by atoms with E-state index in [0.29, 0.717) is 25.0 Å². The van der Waals surface area contributed by atoms with Gasteiger partial charge in [0.05, 0.1) is 14.2 Å². The molecule has 0 radical (unpaired) electrons. The summed E-state index contributed by atoms with van der Waals surface area (Å²) in [6.45, 7) is 15.5. The topological polar surface area (TPSA) is 135 Å². The fourth-order valence-electron chi connectivity index (χ4n) is 6.30. The lowest BCUT2D eigenvalue weighted by Crippen LogP contribution is -2.49. The first-order valence-corrected chi connectivity index (χ1v) is 21.0. The van der Waals surface area contributed by atoms with Crippen LogP contribution < -0.4 is 5.32 Å². The van der Waals surface area contributed by atoms with Crippen molar-refractivity contribution in [1.29, 1.82) is 0 Å². The average Bonchev–Trinajstić information content (AvgIpc) is 3.54. The molecule has 12 nitrogen and oxygen atoms in total. The minimum Gasteiger partial charge on any atom is -0.444 e.